The second kappa shape index (κ2) is 4.57. The molecule has 0 amide bonds. The second-order valence-electron chi connectivity index (χ2n) is 4.65. The molecule has 2 unspecified atom stereocenters. The summed E-state index contributed by atoms with van der Waals surface area (Å²) < 4.78 is 15.6. The molecule has 1 aliphatic rings. The molecule has 14 heavy (non-hydrogen) atoms. The van der Waals surface area contributed by atoms with E-state index in [4.69, 9.17) is 14.2 Å². The maximum atomic E-state index is 5.50. The minimum Gasteiger partial charge on any atom is -0.355 e. The van der Waals surface area contributed by atoms with Crippen molar-refractivity contribution in [3.05, 3.63) is 0 Å². The van der Waals surface area contributed by atoms with Crippen LogP contribution in [0.2, 0.25) is 0 Å². The number of methoxy groups -OCH3 is 2. The summed E-state index contributed by atoms with van der Waals surface area (Å²) in [5, 5.41) is 3.24. The van der Waals surface area contributed by atoms with Crippen LogP contribution in [-0.4, -0.2) is 39.4 Å². The molecule has 0 bridgehead atoms. The van der Waals surface area contributed by atoms with E-state index in [9.17, 15) is 0 Å². The molecule has 1 fully saturated rings. The number of hydrogen-bond acceptors (Lipinski definition) is 4. The Morgan fingerprint density at radius 3 is 2.21 bits per heavy atom. The quantitative estimate of drug-likeness (QED) is 0.534. The predicted molar refractivity (Wildman–Crippen MR) is 53.9 cm³/mol. The topological polar surface area (TPSA) is 43.0 Å². The third-order valence-electron chi connectivity index (χ3n) is 2.36. The van der Waals surface area contributed by atoms with E-state index in [0.29, 0.717) is 12.6 Å². The first-order chi connectivity index (χ1) is 6.49. The predicted octanol–water partition coefficient (Wildman–Crippen LogP) is 0.966. The average Bonchev–Trinajstić information content (AvgIpc) is 2.84. The summed E-state index contributed by atoms with van der Waals surface area (Å²) in [6, 6.07) is 0. The largest absolute Gasteiger partial charge is 0.355 e. The monoisotopic (exact) mass is 203 g/mol. The number of hydrogen-bond donors (Lipinski definition) is 1. The number of nitrogens with one attached hydrogen (secondary N) is 1. The van der Waals surface area contributed by atoms with Crippen molar-refractivity contribution >= 4 is 0 Å². The van der Waals surface area contributed by atoms with Gasteiger partial charge in [-0.1, -0.05) is 20.8 Å². The van der Waals surface area contributed by atoms with Crippen molar-refractivity contribution in [2.75, 3.05) is 20.8 Å². The molecule has 1 heterocycles. The normalized spacial score (nSPS) is 27.0. The Hall–Kier alpha value is -0.160. The van der Waals surface area contributed by atoms with E-state index >= 15 is 0 Å². The summed E-state index contributed by atoms with van der Waals surface area (Å²) in [7, 11) is 3.26. The van der Waals surface area contributed by atoms with Gasteiger partial charge in [-0.15, -0.1) is 0 Å². The van der Waals surface area contributed by atoms with Crippen LogP contribution in [0.25, 0.3) is 0 Å². The lowest BCUT2D eigenvalue weighted by Crippen LogP contribution is -2.34. The first-order valence-electron chi connectivity index (χ1n) is 4.93. The van der Waals surface area contributed by atoms with Gasteiger partial charge in [-0.3, -0.25) is 5.32 Å². The van der Waals surface area contributed by atoms with Gasteiger partial charge in [-0.25, -0.2) is 0 Å². The van der Waals surface area contributed by atoms with Gasteiger partial charge in [-0.2, -0.15) is 0 Å². The molecule has 1 N–H and O–H groups in total. The molecule has 0 aromatic rings. The zero-order chi connectivity index (χ0) is 10.8. The van der Waals surface area contributed by atoms with Crippen LogP contribution in [0.3, 0.4) is 0 Å². The molecular formula is C10H21NO3. The van der Waals surface area contributed by atoms with Crippen LogP contribution in [0.1, 0.15) is 20.8 Å². The van der Waals surface area contributed by atoms with E-state index in [2.05, 4.69) is 26.1 Å². The highest BCUT2D eigenvalue weighted by Crippen LogP contribution is 2.36. The molecule has 1 rings (SSSR count). The first kappa shape index (κ1) is 11.9. The highest BCUT2D eigenvalue weighted by molar-refractivity contribution is 4.92. The van der Waals surface area contributed by atoms with E-state index in [1.807, 2.05) is 0 Å². The van der Waals surface area contributed by atoms with Crippen molar-refractivity contribution in [3.63, 3.8) is 0 Å². The lowest BCUT2D eigenvalue weighted by Gasteiger charge is -2.16. The van der Waals surface area contributed by atoms with E-state index in [1.165, 1.54) is 0 Å². The van der Waals surface area contributed by atoms with Crippen LogP contribution in [0.4, 0.5) is 0 Å². The third-order valence-corrected chi connectivity index (χ3v) is 2.36. The van der Waals surface area contributed by atoms with Crippen molar-refractivity contribution in [3.8, 4) is 0 Å². The van der Waals surface area contributed by atoms with Crippen molar-refractivity contribution < 1.29 is 14.2 Å². The second-order valence-corrected chi connectivity index (χ2v) is 4.65. The van der Waals surface area contributed by atoms with Crippen molar-refractivity contribution in [2.45, 2.75) is 39.4 Å². The third kappa shape index (κ3) is 3.20. The summed E-state index contributed by atoms with van der Waals surface area (Å²) in [6.07, 6.45) is 0.263. The van der Waals surface area contributed by atoms with Crippen molar-refractivity contribution in [2.24, 2.45) is 5.41 Å². The van der Waals surface area contributed by atoms with Gasteiger partial charge in [0.05, 0.1) is 0 Å². The standard InChI is InChI=1S/C10H21NO3/c1-10(2,3)8-9(14-8)11-6-7(12-4)13-5/h7-9,11H,6H2,1-5H3. The van der Waals surface area contributed by atoms with E-state index in [1.54, 1.807) is 14.2 Å². The maximum absolute atomic E-state index is 5.50. The van der Waals surface area contributed by atoms with Crippen molar-refractivity contribution in [1.82, 2.24) is 5.32 Å². The number of ether oxygens (including phenoxy) is 3. The number of epoxide rings is 1. The first-order valence-corrected chi connectivity index (χ1v) is 4.93. The van der Waals surface area contributed by atoms with Gasteiger partial charge in [0, 0.05) is 20.8 Å². The molecular weight excluding hydrogens is 182 g/mol. The Morgan fingerprint density at radius 2 is 1.86 bits per heavy atom. The highest BCUT2D eigenvalue weighted by Gasteiger charge is 2.47. The van der Waals surface area contributed by atoms with Crippen LogP contribution in [0, 0.1) is 5.41 Å². The van der Waals surface area contributed by atoms with Crippen LogP contribution >= 0.6 is 0 Å². The Labute approximate surface area is 85.9 Å². The molecule has 0 saturated carbocycles. The fourth-order valence-corrected chi connectivity index (χ4v) is 1.40. The molecule has 0 aliphatic carbocycles. The van der Waals surface area contributed by atoms with Gasteiger partial charge in [0.2, 0.25) is 0 Å². The molecule has 0 aromatic heterocycles. The molecule has 1 saturated heterocycles. The SMILES string of the molecule is COC(CNC1OC1C(C)(C)C)OC. The fourth-order valence-electron chi connectivity index (χ4n) is 1.40. The van der Waals surface area contributed by atoms with Crippen LogP contribution < -0.4 is 5.32 Å². The van der Waals surface area contributed by atoms with Gasteiger partial charge < -0.3 is 14.2 Å². The number of rotatable bonds is 5. The van der Waals surface area contributed by atoms with Crippen LogP contribution in [-0.2, 0) is 14.2 Å². The molecule has 0 spiro atoms. The molecule has 1 aliphatic heterocycles. The summed E-state index contributed by atoms with van der Waals surface area (Å²) >= 11 is 0. The molecule has 4 nitrogen and oxygen atoms in total. The van der Waals surface area contributed by atoms with E-state index < -0.39 is 0 Å². The highest BCUT2D eigenvalue weighted by atomic mass is 16.7. The van der Waals surface area contributed by atoms with Gasteiger partial charge in [-0.05, 0) is 5.41 Å². The van der Waals surface area contributed by atoms with Crippen LogP contribution in [0.15, 0.2) is 0 Å². The Bertz CT molecular complexity index is 175. The van der Waals surface area contributed by atoms with Gasteiger partial charge in [0.25, 0.3) is 0 Å². The van der Waals surface area contributed by atoms with Crippen molar-refractivity contribution in [1.29, 1.82) is 0 Å². The van der Waals surface area contributed by atoms with E-state index in [0.717, 1.165) is 0 Å². The zero-order valence-corrected chi connectivity index (χ0v) is 9.66. The minimum absolute atomic E-state index is 0.155. The lowest BCUT2D eigenvalue weighted by atomic mass is 9.92. The summed E-state index contributed by atoms with van der Waals surface area (Å²) in [6.45, 7) is 7.17. The minimum atomic E-state index is -0.195. The molecule has 84 valence electrons. The average molecular weight is 203 g/mol. The van der Waals surface area contributed by atoms with Crippen LogP contribution in [0.5, 0.6) is 0 Å². The zero-order valence-electron chi connectivity index (χ0n) is 9.66. The van der Waals surface area contributed by atoms with E-state index in [-0.39, 0.29) is 17.9 Å². The smallest absolute Gasteiger partial charge is 0.169 e. The Morgan fingerprint density at radius 1 is 1.29 bits per heavy atom. The van der Waals surface area contributed by atoms with Gasteiger partial charge >= 0.3 is 0 Å². The molecule has 0 aromatic carbocycles. The molecule has 0 radical (unpaired) electrons. The maximum Gasteiger partial charge on any atom is 0.169 e. The Balaban J connectivity index is 2.17. The van der Waals surface area contributed by atoms with Gasteiger partial charge in [0.15, 0.2) is 6.29 Å². The summed E-state index contributed by atoms with van der Waals surface area (Å²) in [4.78, 5) is 0. The molecule has 2 atom stereocenters. The van der Waals surface area contributed by atoms with Gasteiger partial charge in [0.1, 0.15) is 12.3 Å². The molecule has 4 heteroatoms. The summed E-state index contributed by atoms with van der Waals surface area (Å²) in [5.41, 5.74) is 0.202. The lowest BCUT2D eigenvalue weighted by molar-refractivity contribution is -0.0998. The fraction of sp³-hybridized carbons (Fsp3) is 1.00. The Kier molecular flexibility index (Phi) is 3.89. The summed E-state index contributed by atoms with van der Waals surface area (Å²) in [5.74, 6) is 0.